The minimum absolute atomic E-state index is 0.724. The van der Waals surface area contributed by atoms with Gasteiger partial charge < -0.3 is 4.74 Å². The minimum Gasteiger partial charge on any atom is -0.398 e. The van der Waals surface area contributed by atoms with Crippen molar-refractivity contribution >= 4 is 22.5 Å². The maximum Gasteiger partial charge on any atom is 0.573 e. The van der Waals surface area contributed by atoms with E-state index in [2.05, 4.69) is 4.74 Å². The van der Waals surface area contributed by atoms with E-state index in [4.69, 9.17) is 11.6 Å². The Labute approximate surface area is 96.9 Å². The summed E-state index contributed by atoms with van der Waals surface area (Å²) in [5, 5.41) is 9.20. The molecule has 0 aliphatic rings. The molecule has 0 atom stereocenters. The fraction of sp³-hybridized carbons (Fsp3) is 0.125. The zero-order chi connectivity index (χ0) is 13.2. The van der Waals surface area contributed by atoms with Crippen LogP contribution in [0.5, 0.6) is 5.75 Å². The second-order valence-corrected chi connectivity index (χ2v) is 3.08. The number of benzene rings is 1. The van der Waals surface area contributed by atoms with Gasteiger partial charge in [-0.05, 0) is 17.7 Å². The summed E-state index contributed by atoms with van der Waals surface area (Å²) >= 11 is 5.00. The number of halogens is 4. The van der Waals surface area contributed by atoms with Crippen molar-refractivity contribution < 1.29 is 27.6 Å². The summed E-state index contributed by atoms with van der Waals surface area (Å²) in [6, 6.07) is 2.69. The second kappa shape index (κ2) is 4.58. The lowest BCUT2D eigenvalue weighted by molar-refractivity contribution is -0.388. The Morgan fingerprint density at radius 2 is 2.00 bits per heavy atom. The summed E-state index contributed by atoms with van der Waals surface area (Å²) in [5.74, 6) is -1.22. The molecule has 92 valence electrons. The zero-order valence-electron chi connectivity index (χ0n) is 7.82. The molecule has 5 nitrogen and oxygen atoms in total. The Kier molecular flexibility index (Phi) is 3.56. The van der Waals surface area contributed by atoms with Crippen molar-refractivity contribution in [3.05, 3.63) is 33.9 Å². The van der Waals surface area contributed by atoms with Gasteiger partial charge in [0.2, 0.25) is 5.75 Å². The van der Waals surface area contributed by atoms with Crippen LogP contribution in [0.1, 0.15) is 10.4 Å². The predicted octanol–water partition coefficient (Wildman–Crippen LogP) is 2.87. The predicted molar refractivity (Wildman–Crippen MR) is 50.0 cm³/mol. The maximum absolute atomic E-state index is 12.0. The van der Waals surface area contributed by atoms with Gasteiger partial charge in [0.15, 0.2) is 0 Å². The summed E-state index contributed by atoms with van der Waals surface area (Å²) in [6.07, 6.45) is -5.16. The van der Waals surface area contributed by atoms with Crippen LogP contribution in [0.2, 0.25) is 0 Å². The van der Waals surface area contributed by atoms with Crippen LogP contribution in [-0.4, -0.2) is 16.5 Å². The zero-order valence-corrected chi connectivity index (χ0v) is 8.58. The van der Waals surface area contributed by atoms with Crippen molar-refractivity contribution in [3.63, 3.8) is 0 Å². The van der Waals surface area contributed by atoms with Crippen molar-refractivity contribution in [3.8, 4) is 5.75 Å². The molecule has 0 saturated heterocycles. The van der Waals surface area contributed by atoms with Gasteiger partial charge in [-0.1, -0.05) is 6.07 Å². The SMILES string of the molecule is O=C(Cl)c1cccc([N+](=O)[O-])c1OC(F)(F)F. The molecule has 1 rings (SSSR count). The van der Waals surface area contributed by atoms with Crippen molar-refractivity contribution in [1.29, 1.82) is 0 Å². The quantitative estimate of drug-likeness (QED) is 0.480. The molecule has 17 heavy (non-hydrogen) atoms. The number of nitro benzene ring substituents is 1. The number of carbonyl (C=O) groups is 1. The van der Waals surface area contributed by atoms with Crippen molar-refractivity contribution in [2.24, 2.45) is 0 Å². The number of hydrogen-bond acceptors (Lipinski definition) is 4. The summed E-state index contributed by atoms with van der Waals surface area (Å²) in [4.78, 5) is 20.2. The van der Waals surface area contributed by atoms with Crippen molar-refractivity contribution in [2.75, 3.05) is 0 Å². The van der Waals surface area contributed by atoms with Crippen LogP contribution in [-0.2, 0) is 0 Å². The van der Waals surface area contributed by atoms with E-state index < -0.39 is 33.5 Å². The molecule has 0 heterocycles. The molecule has 0 aliphatic carbocycles. The average molecular weight is 270 g/mol. The van der Waals surface area contributed by atoms with E-state index in [9.17, 15) is 28.1 Å². The molecule has 0 spiro atoms. The topological polar surface area (TPSA) is 69.4 Å². The first-order valence-corrected chi connectivity index (χ1v) is 4.33. The van der Waals surface area contributed by atoms with Gasteiger partial charge in [-0.25, -0.2) is 0 Å². The summed E-state index contributed by atoms with van der Waals surface area (Å²) in [5.41, 5.74) is -1.72. The highest BCUT2D eigenvalue weighted by atomic mass is 35.5. The number of carbonyl (C=O) groups excluding carboxylic acids is 1. The third-order valence-corrected chi connectivity index (χ3v) is 1.82. The molecule has 0 saturated carbocycles. The van der Waals surface area contributed by atoms with Crippen LogP contribution in [0.15, 0.2) is 18.2 Å². The Morgan fingerprint density at radius 3 is 2.41 bits per heavy atom. The standard InChI is InChI=1S/C8H3ClF3NO4/c9-7(14)4-2-1-3-5(13(15)16)6(4)17-8(10,11)12/h1-3H. The lowest BCUT2D eigenvalue weighted by Crippen LogP contribution is -2.19. The molecular weight excluding hydrogens is 267 g/mol. The number of nitrogens with zero attached hydrogens (tertiary/aromatic N) is 1. The van der Waals surface area contributed by atoms with Crippen LogP contribution in [0.25, 0.3) is 0 Å². The number of ether oxygens (including phenoxy) is 1. The van der Waals surface area contributed by atoms with Crippen LogP contribution in [0.4, 0.5) is 18.9 Å². The second-order valence-electron chi connectivity index (χ2n) is 2.73. The number of rotatable bonds is 3. The molecule has 1 aromatic rings. The normalized spacial score (nSPS) is 11.1. The molecule has 0 bridgehead atoms. The monoisotopic (exact) mass is 269 g/mol. The van der Waals surface area contributed by atoms with Gasteiger partial charge in [-0.15, -0.1) is 13.2 Å². The van der Waals surface area contributed by atoms with Crippen LogP contribution >= 0.6 is 11.6 Å². The summed E-state index contributed by atoms with van der Waals surface area (Å²) in [6.45, 7) is 0. The molecule has 0 aliphatic heterocycles. The molecule has 0 fully saturated rings. The van der Waals surface area contributed by atoms with Crippen molar-refractivity contribution in [1.82, 2.24) is 0 Å². The fourth-order valence-electron chi connectivity index (χ4n) is 1.05. The first kappa shape index (κ1) is 13.2. The third-order valence-electron chi connectivity index (χ3n) is 1.62. The fourth-order valence-corrected chi connectivity index (χ4v) is 1.20. The van der Waals surface area contributed by atoms with Gasteiger partial charge in [0.05, 0.1) is 10.5 Å². The molecule has 0 unspecified atom stereocenters. The van der Waals surface area contributed by atoms with Crippen molar-refractivity contribution in [2.45, 2.75) is 6.36 Å². The first-order chi connectivity index (χ1) is 7.72. The Bertz CT molecular complexity index is 442. The van der Waals surface area contributed by atoms with Gasteiger partial charge in [0.25, 0.3) is 5.24 Å². The first-order valence-electron chi connectivity index (χ1n) is 3.95. The lowest BCUT2D eigenvalue weighted by atomic mass is 10.2. The molecule has 0 radical (unpaired) electrons. The van der Waals surface area contributed by atoms with E-state index in [0.29, 0.717) is 0 Å². The van der Waals surface area contributed by atoms with E-state index in [-0.39, 0.29) is 0 Å². The number of para-hydroxylation sites is 1. The maximum atomic E-state index is 12.0. The summed E-state index contributed by atoms with van der Waals surface area (Å²) in [7, 11) is 0. The Morgan fingerprint density at radius 1 is 1.41 bits per heavy atom. The number of nitro groups is 1. The van der Waals surface area contributed by atoms with E-state index in [0.717, 1.165) is 18.2 Å². The number of hydrogen-bond donors (Lipinski definition) is 0. The van der Waals surface area contributed by atoms with Gasteiger partial charge >= 0.3 is 12.0 Å². The largest absolute Gasteiger partial charge is 0.573 e. The van der Waals surface area contributed by atoms with Gasteiger partial charge in [0, 0.05) is 6.07 Å². The molecule has 0 amide bonds. The third kappa shape index (κ3) is 3.31. The average Bonchev–Trinajstić information content (AvgIpc) is 2.14. The molecule has 0 aromatic heterocycles. The molecule has 1 aromatic carbocycles. The van der Waals surface area contributed by atoms with E-state index in [1.54, 1.807) is 0 Å². The molecule has 9 heteroatoms. The van der Waals surface area contributed by atoms with Gasteiger partial charge in [0.1, 0.15) is 0 Å². The minimum atomic E-state index is -5.16. The van der Waals surface area contributed by atoms with E-state index >= 15 is 0 Å². The molecule has 0 N–H and O–H groups in total. The van der Waals surface area contributed by atoms with E-state index in [1.165, 1.54) is 0 Å². The Hall–Kier alpha value is -1.83. The Balaban J connectivity index is 3.39. The van der Waals surface area contributed by atoms with Crippen LogP contribution in [0.3, 0.4) is 0 Å². The van der Waals surface area contributed by atoms with Gasteiger partial charge in [-0.2, -0.15) is 0 Å². The number of alkyl halides is 3. The van der Waals surface area contributed by atoms with Crippen LogP contribution in [0, 0.1) is 10.1 Å². The highest BCUT2D eigenvalue weighted by molar-refractivity contribution is 6.68. The lowest BCUT2D eigenvalue weighted by Gasteiger charge is -2.11. The van der Waals surface area contributed by atoms with Gasteiger partial charge in [-0.3, -0.25) is 14.9 Å². The highest BCUT2D eigenvalue weighted by Gasteiger charge is 2.36. The summed E-state index contributed by atoms with van der Waals surface area (Å²) < 4.78 is 39.5. The van der Waals surface area contributed by atoms with Crippen LogP contribution < -0.4 is 4.74 Å². The van der Waals surface area contributed by atoms with E-state index in [1.807, 2.05) is 0 Å². The molecular formula is C8H3ClF3NO4. The smallest absolute Gasteiger partial charge is 0.398 e. The highest BCUT2D eigenvalue weighted by Crippen LogP contribution is 2.35.